The first-order chi connectivity index (χ1) is 13.1. The van der Waals surface area contributed by atoms with Gasteiger partial charge in [-0.1, -0.05) is 30.1 Å². The third-order valence-electron chi connectivity index (χ3n) is 3.77. The summed E-state index contributed by atoms with van der Waals surface area (Å²) in [5.41, 5.74) is 1.17. The number of rotatable bonds is 7. The maximum Gasteiger partial charge on any atom is 0.338 e. The molecular weight excluding hydrogens is 387 g/mol. The zero-order chi connectivity index (χ0) is 19.2. The maximum atomic E-state index is 12.2. The minimum absolute atomic E-state index is 0.0259. The molecule has 0 bridgehead atoms. The van der Waals surface area contributed by atoms with Crippen molar-refractivity contribution < 1.29 is 18.7 Å². The maximum absolute atomic E-state index is 12.2. The summed E-state index contributed by atoms with van der Waals surface area (Å²) in [7, 11) is 0. The third kappa shape index (κ3) is 5.06. The van der Waals surface area contributed by atoms with E-state index in [-0.39, 0.29) is 6.61 Å². The Morgan fingerprint density at radius 1 is 1.04 bits per heavy atom. The van der Waals surface area contributed by atoms with Crippen LogP contribution in [0.3, 0.4) is 0 Å². The van der Waals surface area contributed by atoms with Crippen molar-refractivity contribution in [1.29, 1.82) is 0 Å². The number of carbonyl (C=O) groups is 1. The molecule has 0 amide bonds. The van der Waals surface area contributed by atoms with E-state index in [2.05, 4.69) is 0 Å². The van der Waals surface area contributed by atoms with Crippen LogP contribution in [0.15, 0.2) is 59.0 Å². The Kier molecular flexibility index (Phi) is 6.43. The minimum Gasteiger partial charge on any atom is -0.494 e. The van der Waals surface area contributed by atoms with E-state index in [4.69, 9.17) is 37.1 Å². The van der Waals surface area contributed by atoms with Crippen LogP contribution >= 0.6 is 23.2 Å². The molecule has 6 heteroatoms. The Bertz CT molecular complexity index is 916. The number of furan rings is 1. The molecular formula is C21H18Cl2O4. The molecule has 0 atom stereocenters. The molecule has 1 aromatic heterocycles. The summed E-state index contributed by atoms with van der Waals surface area (Å²) in [6, 6.07) is 15.5. The van der Waals surface area contributed by atoms with Crippen LogP contribution in [0.5, 0.6) is 5.75 Å². The van der Waals surface area contributed by atoms with Gasteiger partial charge in [-0.15, -0.1) is 0 Å². The highest BCUT2D eigenvalue weighted by Gasteiger charge is 2.12. The Hall–Kier alpha value is -2.43. The molecule has 4 nitrogen and oxygen atoms in total. The highest BCUT2D eigenvalue weighted by Crippen LogP contribution is 2.31. The summed E-state index contributed by atoms with van der Waals surface area (Å²) in [4.78, 5) is 12.2. The van der Waals surface area contributed by atoms with Crippen LogP contribution < -0.4 is 4.74 Å². The zero-order valence-corrected chi connectivity index (χ0v) is 16.2. The van der Waals surface area contributed by atoms with E-state index >= 15 is 0 Å². The molecule has 0 aliphatic carbocycles. The first-order valence-corrected chi connectivity index (χ1v) is 9.26. The van der Waals surface area contributed by atoms with Crippen molar-refractivity contribution in [3.05, 3.63) is 76.0 Å². The Balaban J connectivity index is 1.60. The first-order valence-electron chi connectivity index (χ1n) is 8.51. The zero-order valence-electron chi connectivity index (χ0n) is 14.7. The summed E-state index contributed by atoms with van der Waals surface area (Å²) < 4.78 is 16.5. The van der Waals surface area contributed by atoms with Crippen LogP contribution in [-0.4, -0.2) is 12.6 Å². The number of carbonyl (C=O) groups excluding carboxylic acids is 1. The number of benzene rings is 2. The molecule has 0 saturated carbocycles. The minimum atomic E-state index is -0.431. The van der Waals surface area contributed by atoms with E-state index in [0.29, 0.717) is 33.7 Å². The van der Waals surface area contributed by atoms with Crippen LogP contribution in [0.1, 0.15) is 29.5 Å². The quantitative estimate of drug-likeness (QED) is 0.427. The fourth-order valence-corrected chi connectivity index (χ4v) is 2.92. The number of hydrogen-bond donors (Lipinski definition) is 0. The van der Waals surface area contributed by atoms with Gasteiger partial charge in [-0.25, -0.2) is 4.79 Å². The molecule has 0 unspecified atom stereocenters. The Labute approximate surface area is 167 Å². The fraction of sp³-hybridized carbons (Fsp3) is 0.190. The van der Waals surface area contributed by atoms with Crippen LogP contribution in [0.4, 0.5) is 0 Å². The lowest BCUT2D eigenvalue weighted by Crippen LogP contribution is -2.05. The molecule has 0 spiro atoms. The Morgan fingerprint density at radius 2 is 1.81 bits per heavy atom. The molecule has 0 aliphatic rings. The third-order valence-corrected chi connectivity index (χ3v) is 4.31. The van der Waals surface area contributed by atoms with Crippen LogP contribution in [0.2, 0.25) is 10.0 Å². The van der Waals surface area contributed by atoms with Crippen molar-refractivity contribution in [3.63, 3.8) is 0 Å². The van der Waals surface area contributed by atoms with Crippen LogP contribution in [0.25, 0.3) is 11.3 Å². The van der Waals surface area contributed by atoms with Crippen molar-refractivity contribution in [2.24, 2.45) is 0 Å². The second-order valence-corrected chi connectivity index (χ2v) is 6.68. The van der Waals surface area contributed by atoms with E-state index in [0.717, 1.165) is 17.7 Å². The molecule has 1 heterocycles. The molecule has 140 valence electrons. The van der Waals surface area contributed by atoms with Crippen molar-refractivity contribution in [1.82, 2.24) is 0 Å². The number of halogens is 2. The van der Waals surface area contributed by atoms with Crippen LogP contribution in [-0.2, 0) is 11.3 Å². The molecule has 2 aromatic carbocycles. The van der Waals surface area contributed by atoms with Gasteiger partial charge in [-0.05, 0) is 61.0 Å². The predicted octanol–water partition coefficient (Wildman–Crippen LogP) is 6.40. The number of ether oxygens (including phenoxy) is 2. The SMILES string of the molecule is CCCOc1ccc(C(=O)OCc2ccc(-c3ccc(Cl)cc3Cl)o2)cc1. The lowest BCUT2D eigenvalue weighted by molar-refractivity contribution is 0.0446. The van der Waals surface area contributed by atoms with Gasteiger partial charge in [0.05, 0.1) is 17.2 Å². The normalized spacial score (nSPS) is 10.6. The van der Waals surface area contributed by atoms with Crippen molar-refractivity contribution in [2.75, 3.05) is 6.61 Å². The van der Waals surface area contributed by atoms with E-state index in [1.54, 1.807) is 54.6 Å². The summed E-state index contributed by atoms with van der Waals surface area (Å²) in [5, 5.41) is 1.04. The lowest BCUT2D eigenvalue weighted by Gasteiger charge is -2.06. The topological polar surface area (TPSA) is 48.7 Å². The van der Waals surface area contributed by atoms with Crippen molar-refractivity contribution in [3.8, 4) is 17.1 Å². The van der Waals surface area contributed by atoms with Gasteiger partial charge in [0, 0.05) is 10.6 Å². The van der Waals surface area contributed by atoms with Gasteiger partial charge < -0.3 is 13.9 Å². The monoisotopic (exact) mass is 404 g/mol. The molecule has 0 saturated heterocycles. The summed E-state index contributed by atoms with van der Waals surface area (Å²) in [5.74, 6) is 1.40. The standard InChI is InChI=1S/C21H18Cl2O4/c1-2-11-25-16-6-3-14(4-7-16)21(24)26-13-17-8-10-20(27-17)18-9-5-15(22)12-19(18)23/h3-10,12H,2,11,13H2,1H3. The van der Waals surface area contributed by atoms with E-state index in [9.17, 15) is 4.79 Å². The van der Waals surface area contributed by atoms with Gasteiger partial charge in [0.1, 0.15) is 23.9 Å². The molecule has 0 radical (unpaired) electrons. The fourth-order valence-electron chi connectivity index (χ4n) is 2.42. The summed E-state index contributed by atoms with van der Waals surface area (Å²) in [6.07, 6.45) is 0.927. The molecule has 3 rings (SSSR count). The van der Waals surface area contributed by atoms with E-state index < -0.39 is 5.97 Å². The summed E-state index contributed by atoms with van der Waals surface area (Å²) in [6.45, 7) is 2.70. The molecule has 3 aromatic rings. The molecule has 27 heavy (non-hydrogen) atoms. The van der Waals surface area contributed by atoms with Crippen molar-refractivity contribution >= 4 is 29.2 Å². The average Bonchev–Trinajstić information content (AvgIpc) is 3.13. The highest BCUT2D eigenvalue weighted by atomic mass is 35.5. The highest BCUT2D eigenvalue weighted by molar-refractivity contribution is 6.36. The Morgan fingerprint density at radius 3 is 2.52 bits per heavy atom. The van der Waals surface area contributed by atoms with E-state index in [1.807, 2.05) is 6.92 Å². The summed E-state index contributed by atoms with van der Waals surface area (Å²) >= 11 is 12.1. The van der Waals surface area contributed by atoms with Crippen LogP contribution in [0, 0.1) is 0 Å². The van der Waals surface area contributed by atoms with Gasteiger partial charge in [0.15, 0.2) is 0 Å². The predicted molar refractivity (Wildman–Crippen MR) is 106 cm³/mol. The van der Waals surface area contributed by atoms with E-state index in [1.165, 1.54) is 0 Å². The molecule has 0 fully saturated rings. The smallest absolute Gasteiger partial charge is 0.338 e. The van der Waals surface area contributed by atoms with Gasteiger partial charge in [0.25, 0.3) is 0 Å². The second-order valence-electron chi connectivity index (χ2n) is 5.84. The van der Waals surface area contributed by atoms with Gasteiger partial charge >= 0.3 is 5.97 Å². The first kappa shape index (κ1) is 19.3. The second kappa shape index (κ2) is 8.98. The van der Waals surface area contributed by atoms with Gasteiger partial charge in [-0.2, -0.15) is 0 Å². The van der Waals surface area contributed by atoms with Gasteiger partial charge in [0.2, 0.25) is 0 Å². The molecule has 0 N–H and O–H groups in total. The van der Waals surface area contributed by atoms with Crippen molar-refractivity contribution in [2.45, 2.75) is 20.0 Å². The average molecular weight is 405 g/mol. The van der Waals surface area contributed by atoms with Gasteiger partial charge in [-0.3, -0.25) is 0 Å². The molecule has 0 aliphatic heterocycles. The lowest BCUT2D eigenvalue weighted by atomic mass is 10.2. The number of hydrogen-bond acceptors (Lipinski definition) is 4. The number of esters is 1. The largest absolute Gasteiger partial charge is 0.494 e.